The van der Waals surface area contributed by atoms with Gasteiger partial charge >= 0.3 is 0 Å². The molecule has 1 unspecified atom stereocenters. The largest absolute Gasteiger partial charge is 0.488 e. The highest BCUT2D eigenvalue weighted by molar-refractivity contribution is 5.85. The van der Waals surface area contributed by atoms with Gasteiger partial charge in [-0.15, -0.1) is 0 Å². The summed E-state index contributed by atoms with van der Waals surface area (Å²) >= 11 is 0. The molecule has 0 amide bonds. The maximum atomic E-state index is 13.1. The number of pyridine rings is 1. The molecule has 0 fully saturated rings. The number of halogens is 1. The van der Waals surface area contributed by atoms with Crippen molar-refractivity contribution in [2.75, 3.05) is 0 Å². The molecule has 3 aromatic carbocycles. The molecule has 3 nitrogen and oxygen atoms in total. The third kappa shape index (κ3) is 3.36. The summed E-state index contributed by atoms with van der Waals surface area (Å²) in [7, 11) is 0. The number of hydrogen-bond donors (Lipinski definition) is 1. The first-order chi connectivity index (χ1) is 14.2. The van der Waals surface area contributed by atoms with Gasteiger partial charge in [-0.2, -0.15) is 0 Å². The molecule has 0 saturated heterocycles. The van der Waals surface area contributed by atoms with E-state index in [4.69, 9.17) is 15.5 Å². The van der Waals surface area contributed by atoms with Crippen LogP contribution in [-0.2, 0) is 13.0 Å². The maximum absolute atomic E-state index is 13.1. The number of ether oxygens (including phenoxy) is 1. The first kappa shape index (κ1) is 17.8. The van der Waals surface area contributed by atoms with Gasteiger partial charge in [0, 0.05) is 23.0 Å². The third-order valence-corrected chi connectivity index (χ3v) is 5.69. The summed E-state index contributed by atoms with van der Waals surface area (Å²) in [5.41, 5.74) is 11.9. The smallest absolute Gasteiger partial charge is 0.129 e. The molecule has 0 spiro atoms. The van der Waals surface area contributed by atoms with E-state index in [-0.39, 0.29) is 17.8 Å². The van der Waals surface area contributed by atoms with E-state index in [2.05, 4.69) is 30.3 Å². The van der Waals surface area contributed by atoms with Crippen LogP contribution in [0.3, 0.4) is 0 Å². The molecule has 0 saturated carbocycles. The lowest BCUT2D eigenvalue weighted by atomic mass is 9.96. The zero-order valence-corrected chi connectivity index (χ0v) is 15.9. The van der Waals surface area contributed by atoms with Crippen LogP contribution in [0.2, 0.25) is 0 Å². The van der Waals surface area contributed by atoms with E-state index >= 15 is 0 Å². The highest BCUT2D eigenvalue weighted by Crippen LogP contribution is 2.40. The fourth-order valence-corrected chi connectivity index (χ4v) is 4.13. The summed E-state index contributed by atoms with van der Waals surface area (Å²) in [4.78, 5) is 4.91. The fourth-order valence-electron chi connectivity index (χ4n) is 4.13. The summed E-state index contributed by atoms with van der Waals surface area (Å²) in [6, 6.07) is 24.7. The van der Waals surface area contributed by atoms with Gasteiger partial charge in [-0.1, -0.05) is 42.5 Å². The second-order valence-corrected chi connectivity index (χ2v) is 7.51. The van der Waals surface area contributed by atoms with Crippen molar-refractivity contribution < 1.29 is 9.13 Å². The van der Waals surface area contributed by atoms with Crippen molar-refractivity contribution in [2.45, 2.75) is 25.0 Å². The molecule has 0 aliphatic heterocycles. The predicted octanol–water partition coefficient (Wildman–Crippen LogP) is 5.29. The van der Waals surface area contributed by atoms with Crippen LogP contribution in [0.25, 0.3) is 10.9 Å². The second kappa shape index (κ2) is 7.30. The SMILES string of the molecule is N[C@H]1c2ccccc2CC1c1ccc2c(OCc3ccc(F)cc3)cccc2n1. The van der Waals surface area contributed by atoms with Crippen molar-refractivity contribution in [3.05, 3.63) is 107 Å². The van der Waals surface area contributed by atoms with Gasteiger partial charge in [0.25, 0.3) is 0 Å². The topological polar surface area (TPSA) is 48.1 Å². The molecule has 2 atom stereocenters. The Hall–Kier alpha value is -3.24. The number of nitrogens with two attached hydrogens (primary N) is 1. The Bertz CT molecular complexity index is 1170. The van der Waals surface area contributed by atoms with Crippen LogP contribution in [0.1, 0.15) is 34.3 Å². The number of rotatable bonds is 4. The van der Waals surface area contributed by atoms with E-state index in [0.717, 1.165) is 34.3 Å². The average Bonchev–Trinajstić information content (AvgIpc) is 3.10. The van der Waals surface area contributed by atoms with Crippen LogP contribution < -0.4 is 10.5 Å². The molecule has 1 aromatic heterocycles. The van der Waals surface area contributed by atoms with Gasteiger partial charge in [-0.05, 0) is 59.5 Å². The van der Waals surface area contributed by atoms with Crippen LogP contribution in [-0.4, -0.2) is 4.98 Å². The lowest BCUT2D eigenvalue weighted by molar-refractivity contribution is 0.310. The van der Waals surface area contributed by atoms with Crippen molar-refractivity contribution in [1.29, 1.82) is 0 Å². The van der Waals surface area contributed by atoms with Crippen LogP contribution in [0, 0.1) is 5.82 Å². The Morgan fingerprint density at radius 3 is 2.59 bits per heavy atom. The summed E-state index contributed by atoms with van der Waals surface area (Å²) < 4.78 is 19.1. The third-order valence-electron chi connectivity index (χ3n) is 5.69. The summed E-state index contributed by atoms with van der Waals surface area (Å²) in [6.45, 7) is 0.379. The van der Waals surface area contributed by atoms with Gasteiger partial charge in [-0.3, -0.25) is 4.98 Å². The first-order valence-corrected chi connectivity index (χ1v) is 9.79. The molecule has 0 radical (unpaired) electrons. The molecular formula is C25H21FN2O. The van der Waals surface area contributed by atoms with Gasteiger partial charge in [0.1, 0.15) is 18.2 Å². The Labute approximate surface area is 169 Å². The minimum absolute atomic E-state index is 0.0333. The fraction of sp³-hybridized carbons (Fsp3) is 0.160. The van der Waals surface area contributed by atoms with E-state index in [9.17, 15) is 4.39 Å². The van der Waals surface area contributed by atoms with Crippen LogP contribution in [0.15, 0.2) is 78.9 Å². The van der Waals surface area contributed by atoms with Crippen molar-refractivity contribution >= 4 is 10.9 Å². The zero-order chi connectivity index (χ0) is 19.8. The predicted molar refractivity (Wildman–Crippen MR) is 112 cm³/mol. The Morgan fingerprint density at radius 2 is 1.76 bits per heavy atom. The molecule has 144 valence electrons. The zero-order valence-electron chi connectivity index (χ0n) is 15.9. The molecule has 1 heterocycles. The van der Waals surface area contributed by atoms with Gasteiger partial charge in [0.15, 0.2) is 0 Å². The Balaban J connectivity index is 1.41. The molecule has 5 rings (SSSR count). The molecule has 0 bridgehead atoms. The minimum atomic E-state index is -0.247. The van der Waals surface area contributed by atoms with Gasteiger partial charge in [-0.25, -0.2) is 4.39 Å². The van der Waals surface area contributed by atoms with Crippen LogP contribution in [0.4, 0.5) is 4.39 Å². The maximum Gasteiger partial charge on any atom is 0.129 e. The van der Waals surface area contributed by atoms with E-state index in [0.29, 0.717) is 6.61 Å². The molecule has 2 N–H and O–H groups in total. The number of benzene rings is 3. The van der Waals surface area contributed by atoms with Crippen molar-refractivity contribution in [2.24, 2.45) is 5.73 Å². The van der Waals surface area contributed by atoms with E-state index in [1.165, 1.54) is 23.3 Å². The van der Waals surface area contributed by atoms with Crippen LogP contribution in [0.5, 0.6) is 5.75 Å². The summed E-state index contributed by atoms with van der Waals surface area (Å²) in [5, 5.41) is 0.961. The summed E-state index contributed by atoms with van der Waals surface area (Å²) in [6.07, 6.45) is 0.913. The lowest BCUT2D eigenvalue weighted by Crippen LogP contribution is -2.16. The molecule has 1 aliphatic rings. The second-order valence-electron chi connectivity index (χ2n) is 7.51. The highest BCUT2D eigenvalue weighted by atomic mass is 19.1. The van der Waals surface area contributed by atoms with E-state index < -0.39 is 0 Å². The van der Waals surface area contributed by atoms with Crippen LogP contribution >= 0.6 is 0 Å². The lowest BCUT2D eigenvalue weighted by Gasteiger charge is -2.17. The molecule has 29 heavy (non-hydrogen) atoms. The van der Waals surface area contributed by atoms with E-state index in [1.54, 1.807) is 12.1 Å². The van der Waals surface area contributed by atoms with Gasteiger partial charge < -0.3 is 10.5 Å². The summed E-state index contributed by atoms with van der Waals surface area (Å²) in [5.74, 6) is 0.702. The quantitative estimate of drug-likeness (QED) is 0.520. The van der Waals surface area contributed by atoms with Gasteiger partial charge in [0.2, 0.25) is 0 Å². The average molecular weight is 384 g/mol. The van der Waals surface area contributed by atoms with Crippen molar-refractivity contribution in [1.82, 2.24) is 4.98 Å². The highest BCUT2D eigenvalue weighted by Gasteiger charge is 2.31. The normalized spacial score (nSPS) is 18.0. The number of aromatic nitrogens is 1. The molecule has 4 aromatic rings. The first-order valence-electron chi connectivity index (χ1n) is 9.79. The van der Waals surface area contributed by atoms with Crippen molar-refractivity contribution in [3.8, 4) is 5.75 Å². The monoisotopic (exact) mass is 384 g/mol. The number of fused-ring (bicyclic) bond motifs is 2. The number of nitrogens with zero attached hydrogens (tertiary/aromatic N) is 1. The van der Waals surface area contributed by atoms with Crippen molar-refractivity contribution in [3.63, 3.8) is 0 Å². The van der Waals surface area contributed by atoms with E-state index in [1.807, 2.05) is 24.3 Å². The molecule has 4 heteroatoms. The minimum Gasteiger partial charge on any atom is -0.488 e. The van der Waals surface area contributed by atoms with Gasteiger partial charge in [0.05, 0.1) is 5.52 Å². The molecular weight excluding hydrogens is 363 g/mol. The standard InChI is InChI=1S/C25H21FN2O/c26-18-10-8-16(9-11-18)15-29-24-7-3-6-22-20(24)12-13-23(28-22)21-14-17-4-1-2-5-19(17)25(21)27/h1-13,21,25H,14-15,27H2/t21?,25-/m0/s1. The Morgan fingerprint density at radius 1 is 0.931 bits per heavy atom. The number of hydrogen-bond acceptors (Lipinski definition) is 3. The Kier molecular flexibility index (Phi) is 4.49. The molecule has 1 aliphatic carbocycles.